The third kappa shape index (κ3) is 3.13. The van der Waals surface area contributed by atoms with Crippen molar-refractivity contribution in [1.29, 1.82) is 0 Å². The molecule has 0 aliphatic heterocycles. The van der Waals surface area contributed by atoms with Crippen molar-refractivity contribution in [2.75, 3.05) is 0 Å². The SMILES string of the molecule is Cc1ccc(/C=C/C(=O)NC2CC(O)C2(C)C)c(Br)c1. The maximum absolute atomic E-state index is 11.9. The van der Waals surface area contributed by atoms with E-state index in [9.17, 15) is 9.90 Å². The summed E-state index contributed by atoms with van der Waals surface area (Å²) in [6.07, 6.45) is 3.63. The fourth-order valence-electron chi connectivity index (χ4n) is 2.30. The van der Waals surface area contributed by atoms with Gasteiger partial charge >= 0.3 is 0 Å². The largest absolute Gasteiger partial charge is 0.392 e. The predicted molar refractivity (Wildman–Crippen MR) is 84.2 cm³/mol. The van der Waals surface area contributed by atoms with Crippen LogP contribution >= 0.6 is 15.9 Å². The van der Waals surface area contributed by atoms with Crippen LogP contribution in [0.1, 0.15) is 31.4 Å². The average molecular weight is 338 g/mol. The van der Waals surface area contributed by atoms with Crippen molar-refractivity contribution < 1.29 is 9.90 Å². The summed E-state index contributed by atoms with van der Waals surface area (Å²) >= 11 is 3.48. The van der Waals surface area contributed by atoms with Crippen LogP contribution in [-0.4, -0.2) is 23.2 Å². The zero-order chi connectivity index (χ0) is 14.9. The zero-order valence-electron chi connectivity index (χ0n) is 12.0. The lowest BCUT2D eigenvalue weighted by Gasteiger charge is -2.49. The lowest BCUT2D eigenvalue weighted by atomic mass is 9.64. The summed E-state index contributed by atoms with van der Waals surface area (Å²) in [5.41, 5.74) is 1.90. The minimum Gasteiger partial charge on any atom is -0.392 e. The summed E-state index contributed by atoms with van der Waals surface area (Å²) in [7, 11) is 0. The van der Waals surface area contributed by atoms with Crippen LogP contribution in [0, 0.1) is 12.3 Å². The molecule has 2 N–H and O–H groups in total. The molecule has 2 rings (SSSR count). The molecule has 3 nitrogen and oxygen atoms in total. The van der Waals surface area contributed by atoms with Crippen molar-refractivity contribution in [3.63, 3.8) is 0 Å². The van der Waals surface area contributed by atoms with Gasteiger partial charge in [0, 0.05) is 22.0 Å². The van der Waals surface area contributed by atoms with Crippen molar-refractivity contribution >= 4 is 27.9 Å². The first-order chi connectivity index (χ1) is 9.30. The molecule has 1 aliphatic rings. The first kappa shape index (κ1) is 15.3. The number of aliphatic hydroxyl groups is 1. The molecule has 1 saturated carbocycles. The molecule has 20 heavy (non-hydrogen) atoms. The molecule has 0 saturated heterocycles. The molecule has 1 aromatic rings. The fraction of sp³-hybridized carbons (Fsp3) is 0.438. The van der Waals surface area contributed by atoms with Crippen LogP contribution in [0.25, 0.3) is 6.08 Å². The van der Waals surface area contributed by atoms with E-state index in [1.807, 2.05) is 39.0 Å². The van der Waals surface area contributed by atoms with Gasteiger partial charge in [-0.25, -0.2) is 0 Å². The number of carbonyl (C=O) groups is 1. The molecule has 0 spiro atoms. The Kier molecular flexibility index (Phi) is 4.35. The molecule has 1 fully saturated rings. The van der Waals surface area contributed by atoms with Crippen molar-refractivity contribution in [3.05, 3.63) is 39.9 Å². The summed E-state index contributed by atoms with van der Waals surface area (Å²) in [5.74, 6) is -0.123. The Morgan fingerprint density at radius 2 is 2.20 bits per heavy atom. The standard InChI is InChI=1S/C16H20BrNO2/c1-10-4-5-11(12(17)8-10)6-7-15(20)18-13-9-14(19)16(13,2)3/h4-8,13-14,19H,9H2,1-3H3,(H,18,20)/b7-6+. The number of hydrogen-bond acceptors (Lipinski definition) is 2. The fourth-order valence-corrected chi connectivity index (χ4v) is 2.93. The zero-order valence-corrected chi connectivity index (χ0v) is 13.6. The van der Waals surface area contributed by atoms with Crippen LogP contribution in [0.4, 0.5) is 0 Å². The molecule has 1 amide bonds. The van der Waals surface area contributed by atoms with Gasteiger partial charge in [0.15, 0.2) is 0 Å². The van der Waals surface area contributed by atoms with E-state index in [1.54, 1.807) is 6.08 Å². The molecule has 0 heterocycles. The van der Waals surface area contributed by atoms with Gasteiger partial charge in [-0.05, 0) is 36.6 Å². The third-order valence-corrected chi connectivity index (χ3v) is 4.79. The lowest BCUT2D eigenvalue weighted by Crippen LogP contribution is -2.60. The monoisotopic (exact) mass is 337 g/mol. The molecule has 1 aliphatic carbocycles. The van der Waals surface area contributed by atoms with Crippen LogP contribution in [0.5, 0.6) is 0 Å². The van der Waals surface area contributed by atoms with E-state index in [1.165, 1.54) is 11.6 Å². The molecular weight excluding hydrogens is 318 g/mol. The van der Waals surface area contributed by atoms with Crippen LogP contribution in [0.3, 0.4) is 0 Å². The van der Waals surface area contributed by atoms with Gasteiger partial charge in [0.25, 0.3) is 0 Å². The first-order valence-corrected chi connectivity index (χ1v) is 7.53. The van der Waals surface area contributed by atoms with E-state index in [4.69, 9.17) is 0 Å². The molecule has 2 atom stereocenters. The molecule has 0 radical (unpaired) electrons. The number of benzene rings is 1. The highest BCUT2D eigenvalue weighted by Gasteiger charge is 2.47. The van der Waals surface area contributed by atoms with Gasteiger partial charge in [0.1, 0.15) is 0 Å². The number of aryl methyl sites for hydroxylation is 1. The average Bonchev–Trinajstić information content (AvgIpc) is 2.37. The van der Waals surface area contributed by atoms with Gasteiger partial charge in [-0.15, -0.1) is 0 Å². The predicted octanol–water partition coefficient (Wildman–Crippen LogP) is 3.05. The Bertz CT molecular complexity index is 551. The topological polar surface area (TPSA) is 49.3 Å². The summed E-state index contributed by atoms with van der Waals surface area (Å²) in [4.78, 5) is 11.9. The normalized spacial score (nSPS) is 24.4. The number of halogens is 1. The van der Waals surface area contributed by atoms with Gasteiger partial charge in [-0.1, -0.05) is 41.9 Å². The van der Waals surface area contributed by atoms with E-state index >= 15 is 0 Å². The van der Waals surface area contributed by atoms with Crippen molar-refractivity contribution in [2.24, 2.45) is 5.41 Å². The van der Waals surface area contributed by atoms with Crippen molar-refractivity contribution in [1.82, 2.24) is 5.32 Å². The molecule has 4 heteroatoms. The first-order valence-electron chi connectivity index (χ1n) is 6.73. The minimum atomic E-state index is -0.331. The van der Waals surface area contributed by atoms with E-state index in [0.717, 1.165) is 10.0 Å². The number of hydrogen-bond donors (Lipinski definition) is 2. The van der Waals surface area contributed by atoms with E-state index in [-0.39, 0.29) is 23.5 Å². The Morgan fingerprint density at radius 1 is 1.50 bits per heavy atom. The summed E-state index contributed by atoms with van der Waals surface area (Å²) < 4.78 is 0.973. The Hall–Kier alpha value is -1.13. The second-order valence-corrected chi connectivity index (χ2v) is 6.85. The number of amides is 1. The molecule has 108 valence electrons. The quantitative estimate of drug-likeness (QED) is 0.833. The maximum Gasteiger partial charge on any atom is 0.244 e. The summed E-state index contributed by atoms with van der Waals surface area (Å²) in [6, 6.07) is 6.04. The summed E-state index contributed by atoms with van der Waals surface area (Å²) in [6.45, 7) is 5.95. The molecule has 2 unspecified atom stereocenters. The van der Waals surface area contributed by atoms with Gasteiger partial charge in [0.2, 0.25) is 5.91 Å². The maximum atomic E-state index is 11.9. The third-order valence-electron chi connectivity index (χ3n) is 4.10. The van der Waals surface area contributed by atoms with Gasteiger partial charge in [-0.3, -0.25) is 4.79 Å². The molecular formula is C16H20BrNO2. The van der Waals surface area contributed by atoms with Gasteiger partial charge in [0.05, 0.1) is 6.10 Å². The Morgan fingerprint density at radius 3 is 2.75 bits per heavy atom. The van der Waals surface area contributed by atoms with Crippen LogP contribution < -0.4 is 5.32 Å². The van der Waals surface area contributed by atoms with Crippen LogP contribution in [-0.2, 0) is 4.79 Å². The molecule has 0 bridgehead atoms. The smallest absolute Gasteiger partial charge is 0.244 e. The van der Waals surface area contributed by atoms with Crippen LogP contribution in [0.15, 0.2) is 28.7 Å². The number of rotatable bonds is 3. The van der Waals surface area contributed by atoms with E-state index in [0.29, 0.717) is 6.42 Å². The Labute approximate surface area is 128 Å². The highest BCUT2D eigenvalue weighted by Crippen LogP contribution is 2.40. The second kappa shape index (κ2) is 5.70. The Balaban J connectivity index is 1.96. The number of carbonyl (C=O) groups excluding carboxylic acids is 1. The summed E-state index contributed by atoms with van der Waals surface area (Å²) in [5, 5.41) is 12.6. The molecule has 0 aromatic heterocycles. The van der Waals surface area contributed by atoms with E-state index in [2.05, 4.69) is 21.2 Å². The second-order valence-electron chi connectivity index (χ2n) is 5.99. The molecule has 1 aromatic carbocycles. The highest BCUT2D eigenvalue weighted by atomic mass is 79.9. The van der Waals surface area contributed by atoms with Gasteiger partial charge < -0.3 is 10.4 Å². The number of aliphatic hydroxyl groups excluding tert-OH is 1. The number of nitrogens with one attached hydrogen (secondary N) is 1. The minimum absolute atomic E-state index is 0.0381. The lowest BCUT2D eigenvalue weighted by molar-refractivity contribution is -0.124. The van der Waals surface area contributed by atoms with E-state index < -0.39 is 0 Å². The highest BCUT2D eigenvalue weighted by molar-refractivity contribution is 9.10. The van der Waals surface area contributed by atoms with Crippen molar-refractivity contribution in [3.8, 4) is 0 Å². The van der Waals surface area contributed by atoms with Gasteiger partial charge in [-0.2, -0.15) is 0 Å². The van der Waals surface area contributed by atoms with Crippen LogP contribution in [0.2, 0.25) is 0 Å². The van der Waals surface area contributed by atoms with Crippen molar-refractivity contribution in [2.45, 2.75) is 39.3 Å².